The van der Waals surface area contributed by atoms with Crippen LogP contribution in [0.3, 0.4) is 0 Å². The molecule has 1 fully saturated rings. The number of hydrogen-bond acceptors (Lipinski definition) is 3. The Bertz CT molecular complexity index is 460. The first-order chi connectivity index (χ1) is 9.19. The molecule has 0 aromatic heterocycles. The van der Waals surface area contributed by atoms with Crippen LogP contribution in [-0.2, 0) is 0 Å². The van der Waals surface area contributed by atoms with Crippen LogP contribution in [0.4, 0.5) is 0 Å². The molecule has 2 nitrogen and oxygen atoms in total. The molecule has 0 heterocycles. The van der Waals surface area contributed by atoms with E-state index in [1.165, 1.54) is 23.3 Å². The van der Waals surface area contributed by atoms with Gasteiger partial charge in [-0.2, -0.15) is 5.26 Å². The minimum atomic E-state index is 0.322. The fraction of sp³-hybridized carbons (Fsp3) is 0.562. The summed E-state index contributed by atoms with van der Waals surface area (Å²) in [7, 11) is 0. The van der Waals surface area contributed by atoms with Crippen molar-refractivity contribution in [1.29, 1.82) is 5.26 Å². The lowest BCUT2D eigenvalue weighted by molar-refractivity contribution is 0.596. The van der Waals surface area contributed by atoms with Crippen LogP contribution in [0.25, 0.3) is 0 Å². The van der Waals surface area contributed by atoms with Gasteiger partial charge in [-0.1, -0.05) is 19.1 Å². The van der Waals surface area contributed by atoms with E-state index in [1.54, 1.807) is 0 Å². The van der Waals surface area contributed by atoms with E-state index in [1.807, 2.05) is 11.8 Å². The summed E-state index contributed by atoms with van der Waals surface area (Å²) in [6.07, 6.45) is 3.16. The molecule has 0 radical (unpaired) electrons. The fourth-order valence-electron chi connectivity index (χ4n) is 2.25. The molecule has 0 spiro atoms. The van der Waals surface area contributed by atoms with Crippen LogP contribution in [0.1, 0.15) is 44.7 Å². The molecule has 1 aliphatic rings. The van der Waals surface area contributed by atoms with Crippen molar-refractivity contribution in [3.63, 3.8) is 0 Å². The zero-order chi connectivity index (χ0) is 13.7. The molecule has 0 amide bonds. The monoisotopic (exact) mass is 274 g/mol. The van der Waals surface area contributed by atoms with Gasteiger partial charge >= 0.3 is 0 Å². The predicted octanol–water partition coefficient (Wildman–Crippen LogP) is 4.14. The summed E-state index contributed by atoms with van der Waals surface area (Å²) >= 11 is 1.90. The van der Waals surface area contributed by atoms with Crippen LogP contribution in [0.15, 0.2) is 29.2 Å². The van der Waals surface area contributed by atoms with Gasteiger partial charge in [-0.05, 0) is 49.4 Å². The van der Waals surface area contributed by atoms with Crippen LogP contribution in [0.2, 0.25) is 0 Å². The van der Waals surface area contributed by atoms with Crippen LogP contribution < -0.4 is 5.32 Å². The summed E-state index contributed by atoms with van der Waals surface area (Å²) in [5.74, 6) is 1.08. The SMILES string of the molecule is CCNC(C)c1cccc(SCC2(CC#N)CC2)c1. The number of hydrogen-bond donors (Lipinski definition) is 1. The molecule has 0 aliphatic heterocycles. The predicted molar refractivity (Wildman–Crippen MR) is 81.2 cm³/mol. The van der Waals surface area contributed by atoms with E-state index < -0.39 is 0 Å². The van der Waals surface area contributed by atoms with Gasteiger partial charge in [0.15, 0.2) is 0 Å². The molecule has 19 heavy (non-hydrogen) atoms. The van der Waals surface area contributed by atoms with E-state index in [0.29, 0.717) is 17.9 Å². The molecule has 1 unspecified atom stereocenters. The van der Waals surface area contributed by atoms with Crippen LogP contribution in [-0.4, -0.2) is 12.3 Å². The highest BCUT2D eigenvalue weighted by Crippen LogP contribution is 2.51. The van der Waals surface area contributed by atoms with E-state index in [9.17, 15) is 0 Å². The third-order valence-corrected chi connectivity index (χ3v) is 5.17. The standard InChI is InChI=1S/C16H22N2S/c1-3-18-13(2)14-5-4-6-15(11-14)19-12-16(7-8-16)9-10-17/h4-6,11,13,18H,3,7-9,12H2,1-2H3. The smallest absolute Gasteiger partial charge is 0.0627 e. The zero-order valence-corrected chi connectivity index (χ0v) is 12.6. The van der Waals surface area contributed by atoms with Crippen LogP contribution in [0.5, 0.6) is 0 Å². The lowest BCUT2D eigenvalue weighted by atomic mass is 10.1. The quantitative estimate of drug-likeness (QED) is 0.759. The molecule has 102 valence electrons. The van der Waals surface area contributed by atoms with E-state index in [2.05, 4.69) is 49.5 Å². The van der Waals surface area contributed by atoms with Gasteiger partial charge in [0.2, 0.25) is 0 Å². The third kappa shape index (κ3) is 3.99. The Morgan fingerprint density at radius 3 is 2.89 bits per heavy atom. The summed E-state index contributed by atoms with van der Waals surface area (Å²) < 4.78 is 0. The van der Waals surface area contributed by atoms with Crippen molar-refractivity contribution in [2.45, 2.75) is 44.0 Å². The fourth-order valence-corrected chi connectivity index (χ4v) is 3.51. The Balaban J connectivity index is 1.94. The van der Waals surface area contributed by atoms with Gasteiger partial charge in [-0.15, -0.1) is 11.8 Å². The molecule has 0 saturated heterocycles. The number of nitriles is 1. The first-order valence-corrected chi connectivity index (χ1v) is 8.01. The largest absolute Gasteiger partial charge is 0.310 e. The molecule has 2 rings (SSSR count). The van der Waals surface area contributed by atoms with Crippen LogP contribution >= 0.6 is 11.8 Å². The van der Waals surface area contributed by atoms with Crippen molar-refractivity contribution < 1.29 is 0 Å². The summed E-state index contributed by atoms with van der Waals surface area (Å²) in [5.41, 5.74) is 1.67. The highest BCUT2D eigenvalue weighted by molar-refractivity contribution is 7.99. The number of benzene rings is 1. The summed E-state index contributed by atoms with van der Waals surface area (Å²) in [5, 5.41) is 12.3. The average molecular weight is 274 g/mol. The van der Waals surface area contributed by atoms with Crippen LogP contribution in [0, 0.1) is 16.7 Å². The second kappa shape index (κ2) is 6.45. The molecule has 1 saturated carbocycles. The maximum Gasteiger partial charge on any atom is 0.0627 e. The van der Waals surface area contributed by atoms with Crippen molar-refractivity contribution in [1.82, 2.24) is 5.32 Å². The third-order valence-electron chi connectivity index (χ3n) is 3.82. The van der Waals surface area contributed by atoms with Gasteiger partial charge in [0.05, 0.1) is 6.07 Å². The summed E-state index contributed by atoms with van der Waals surface area (Å²) in [4.78, 5) is 1.33. The molecular formula is C16H22N2S. The normalized spacial score (nSPS) is 17.7. The molecule has 0 bridgehead atoms. The molecule has 1 aromatic carbocycles. The topological polar surface area (TPSA) is 35.8 Å². The maximum absolute atomic E-state index is 8.85. The Kier molecular flexibility index (Phi) is 4.90. The molecular weight excluding hydrogens is 252 g/mol. The number of thioether (sulfide) groups is 1. The van der Waals surface area contributed by atoms with Crippen molar-refractivity contribution in [3.05, 3.63) is 29.8 Å². The Labute approximate surface area is 120 Å². The number of nitrogens with one attached hydrogen (secondary N) is 1. The number of rotatable bonds is 7. The Hall–Kier alpha value is -0.980. The summed E-state index contributed by atoms with van der Waals surface area (Å²) in [6, 6.07) is 11.5. The highest BCUT2D eigenvalue weighted by atomic mass is 32.2. The molecule has 1 atom stereocenters. The van der Waals surface area contributed by atoms with Gasteiger partial charge in [0, 0.05) is 23.1 Å². The molecule has 1 N–H and O–H groups in total. The lowest BCUT2D eigenvalue weighted by Crippen LogP contribution is -2.17. The Morgan fingerprint density at radius 2 is 2.26 bits per heavy atom. The van der Waals surface area contributed by atoms with Gasteiger partial charge in [0.1, 0.15) is 0 Å². The highest BCUT2D eigenvalue weighted by Gasteiger charge is 2.42. The zero-order valence-electron chi connectivity index (χ0n) is 11.8. The van der Waals surface area contributed by atoms with Gasteiger partial charge < -0.3 is 5.32 Å². The van der Waals surface area contributed by atoms with Crippen molar-refractivity contribution in [3.8, 4) is 6.07 Å². The maximum atomic E-state index is 8.85. The van der Waals surface area contributed by atoms with E-state index in [4.69, 9.17) is 5.26 Å². The van der Waals surface area contributed by atoms with Crippen molar-refractivity contribution in [2.24, 2.45) is 5.41 Å². The second-order valence-electron chi connectivity index (χ2n) is 5.48. The van der Waals surface area contributed by atoms with E-state index >= 15 is 0 Å². The lowest BCUT2D eigenvalue weighted by Gasteiger charge is -2.15. The minimum Gasteiger partial charge on any atom is -0.310 e. The minimum absolute atomic E-state index is 0.322. The molecule has 3 heteroatoms. The number of nitrogens with zero attached hydrogens (tertiary/aromatic N) is 1. The van der Waals surface area contributed by atoms with Gasteiger partial charge in [0.25, 0.3) is 0 Å². The van der Waals surface area contributed by atoms with Gasteiger partial charge in [-0.25, -0.2) is 0 Å². The molecule has 1 aliphatic carbocycles. The van der Waals surface area contributed by atoms with E-state index in [0.717, 1.165) is 12.3 Å². The summed E-state index contributed by atoms with van der Waals surface area (Å²) in [6.45, 7) is 5.32. The first kappa shape index (κ1) is 14.4. The molecule has 1 aromatic rings. The van der Waals surface area contributed by atoms with Gasteiger partial charge in [-0.3, -0.25) is 0 Å². The van der Waals surface area contributed by atoms with E-state index in [-0.39, 0.29) is 0 Å². The first-order valence-electron chi connectivity index (χ1n) is 7.02. The van der Waals surface area contributed by atoms with Crippen molar-refractivity contribution in [2.75, 3.05) is 12.3 Å². The second-order valence-corrected chi connectivity index (χ2v) is 6.52. The van der Waals surface area contributed by atoms with Crippen molar-refractivity contribution >= 4 is 11.8 Å². The Morgan fingerprint density at radius 1 is 1.47 bits per heavy atom. The average Bonchev–Trinajstić information content (AvgIpc) is 3.18.